The normalized spacial score (nSPS) is 11.6. The van der Waals surface area contributed by atoms with E-state index in [2.05, 4.69) is 64.1 Å². The average molecular weight is 1140 g/mol. The van der Waals surface area contributed by atoms with Gasteiger partial charge in [0.2, 0.25) is 0 Å². The topological polar surface area (TPSA) is 49.3 Å². The second kappa shape index (κ2) is 61.4. The first-order valence-corrected chi connectivity index (χ1v) is 37.0. The van der Waals surface area contributed by atoms with Crippen molar-refractivity contribution in [3.63, 3.8) is 0 Å². The van der Waals surface area contributed by atoms with E-state index in [1.54, 1.807) is 0 Å². The highest BCUT2D eigenvalue weighted by molar-refractivity contribution is 5.83. The Morgan fingerprint density at radius 1 is 0.232 bits per heavy atom. The molecule has 0 amide bonds. The van der Waals surface area contributed by atoms with Crippen molar-refractivity contribution in [2.75, 3.05) is 26.4 Å². The van der Waals surface area contributed by atoms with Crippen molar-refractivity contribution in [3.05, 3.63) is 42.0 Å². The van der Waals surface area contributed by atoms with Crippen LogP contribution in [-0.4, -0.2) is 32.6 Å². The highest BCUT2D eigenvalue weighted by Crippen LogP contribution is 2.34. The van der Waals surface area contributed by atoms with Crippen molar-refractivity contribution in [3.8, 4) is 23.0 Å². The summed E-state index contributed by atoms with van der Waals surface area (Å²) in [7, 11) is 0. The first-order valence-electron chi connectivity index (χ1n) is 37.0. The Labute approximate surface area is 512 Å². The van der Waals surface area contributed by atoms with Crippen LogP contribution in [0.1, 0.15) is 393 Å². The Morgan fingerprint density at radius 2 is 0.439 bits per heavy atom. The summed E-state index contributed by atoms with van der Waals surface area (Å²) >= 11 is 0. The predicted molar refractivity (Wildman–Crippen MR) is 363 cm³/mol. The molecule has 0 aliphatic carbocycles. The number of rotatable bonds is 66. The molecule has 0 aliphatic rings. The molecule has 0 heterocycles. The second-order valence-electron chi connectivity index (χ2n) is 25.4. The lowest BCUT2D eigenvalue weighted by molar-refractivity contribution is 0.258. The van der Waals surface area contributed by atoms with Crippen LogP contribution < -0.4 is 18.9 Å². The summed E-state index contributed by atoms with van der Waals surface area (Å²) in [5.74, 6) is 3.36. The number of hydrogen-bond donors (Lipinski definition) is 0. The summed E-state index contributed by atoms with van der Waals surface area (Å²) in [6.45, 7) is 12.1. The van der Waals surface area contributed by atoms with Gasteiger partial charge in [-0.15, -0.1) is 0 Å². The van der Waals surface area contributed by atoms with Crippen LogP contribution in [0.2, 0.25) is 0 Å². The van der Waals surface area contributed by atoms with Crippen molar-refractivity contribution in [1.82, 2.24) is 0 Å². The van der Waals surface area contributed by atoms with E-state index in [9.17, 15) is 0 Å². The highest BCUT2D eigenvalue weighted by Gasteiger charge is 2.11. The van der Waals surface area contributed by atoms with Crippen LogP contribution in [0.15, 0.2) is 41.4 Å². The van der Waals surface area contributed by atoms with Crippen molar-refractivity contribution < 1.29 is 18.9 Å². The lowest BCUT2D eigenvalue weighted by Gasteiger charge is -2.14. The maximum Gasteiger partial charge on any atom is 0.163 e. The van der Waals surface area contributed by atoms with Gasteiger partial charge in [-0.3, -0.25) is 4.99 Å². The van der Waals surface area contributed by atoms with Crippen molar-refractivity contribution in [1.29, 1.82) is 0 Å². The Bertz CT molecular complexity index is 1510. The van der Waals surface area contributed by atoms with Gasteiger partial charge < -0.3 is 18.9 Å². The van der Waals surface area contributed by atoms with Gasteiger partial charge in [0.25, 0.3) is 0 Å². The molecule has 0 aliphatic heterocycles. The summed E-state index contributed by atoms with van der Waals surface area (Å²) in [5.41, 5.74) is 1.89. The van der Waals surface area contributed by atoms with Gasteiger partial charge in [0.05, 0.1) is 32.1 Å². The van der Waals surface area contributed by atoms with Gasteiger partial charge in [0, 0.05) is 12.3 Å². The number of nitrogens with zero attached hydrogens (tertiary/aromatic N) is 1. The highest BCUT2D eigenvalue weighted by atomic mass is 16.5. The predicted octanol–water partition coefficient (Wildman–Crippen LogP) is 26.9. The lowest BCUT2D eigenvalue weighted by atomic mass is 10.0. The second-order valence-corrected chi connectivity index (χ2v) is 25.4. The zero-order chi connectivity index (χ0) is 58.4. The molecular formula is C77H139NO4. The van der Waals surface area contributed by atoms with E-state index >= 15 is 0 Å². The first-order chi connectivity index (χ1) is 40.7. The molecule has 2 rings (SSSR count). The minimum Gasteiger partial charge on any atom is -0.490 e. The zero-order valence-electron chi connectivity index (χ0n) is 55.5. The summed E-state index contributed by atoms with van der Waals surface area (Å²) in [6.07, 6.45) is 78.0. The summed E-state index contributed by atoms with van der Waals surface area (Å²) in [5, 5.41) is 0. The van der Waals surface area contributed by atoms with E-state index in [4.69, 9.17) is 23.9 Å². The third-order valence-corrected chi connectivity index (χ3v) is 17.3. The lowest BCUT2D eigenvalue weighted by Crippen LogP contribution is -2.03. The van der Waals surface area contributed by atoms with Gasteiger partial charge >= 0.3 is 0 Å². The number of benzene rings is 2. The van der Waals surface area contributed by atoms with E-state index in [0.29, 0.717) is 13.2 Å². The number of ether oxygens (including phenoxy) is 4. The third-order valence-electron chi connectivity index (χ3n) is 17.3. The summed E-state index contributed by atoms with van der Waals surface area (Å²) in [6, 6.07) is 12.6. The molecular weight excluding hydrogens is 1000 g/mol. The van der Waals surface area contributed by atoms with Gasteiger partial charge in [0.15, 0.2) is 23.0 Å². The quantitative estimate of drug-likeness (QED) is 0.0489. The zero-order valence-corrected chi connectivity index (χ0v) is 55.5. The van der Waals surface area contributed by atoms with E-state index in [0.717, 1.165) is 73.1 Å². The van der Waals surface area contributed by atoms with Crippen LogP contribution in [0.4, 0.5) is 5.69 Å². The monoisotopic (exact) mass is 1140 g/mol. The fourth-order valence-electron chi connectivity index (χ4n) is 11.7. The van der Waals surface area contributed by atoms with Crippen LogP contribution in [0.25, 0.3) is 0 Å². The van der Waals surface area contributed by atoms with Gasteiger partial charge in [-0.2, -0.15) is 0 Å². The molecule has 5 heteroatoms. The fourth-order valence-corrected chi connectivity index (χ4v) is 11.7. The molecule has 0 saturated carbocycles. The molecule has 0 atom stereocenters. The minimum atomic E-state index is 0.710. The molecule has 0 radical (unpaired) electrons. The van der Waals surface area contributed by atoms with Gasteiger partial charge in [-0.05, 0) is 61.6 Å². The molecule has 476 valence electrons. The van der Waals surface area contributed by atoms with Crippen LogP contribution in [0, 0.1) is 0 Å². The summed E-state index contributed by atoms with van der Waals surface area (Å²) < 4.78 is 26.0. The van der Waals surface area contributed by atoms with Crippen LogP contribution in [0.5, 0.6) is 23.0 Å². The Hall–Kier alpha value is -2.69. The molecule has 5 nitrogen and oxygen atoms in total. The SMILES string of the molecule is CCCCCCCCCCCCCCCCOc1ccc(C=Nc2ccc(OCCCCCCCCCCCCCCCC)c(OCCCCCCCCCCCCCCCC)c2)cc1OCCCCCCCCCCCCCCCC. The molecule has 0 fully saturated rings. The van der Waals surface area contributed by atoms with Crippen LogP contribution in [0.3, 0.4) is 0 Å². The molecule has 2 aromatic rings. The minimum absolute atomic E-state index is 0.710. The van der Waals surface area contributed by atoms with Gasteiger partial charge in [-0.1, -0.05) is 362 Å². The van der Waals surface area contributed by atoms with Crippen LogP contribution in [-0.2, 0) is 0 Å². The Morgan fingerprint density at radius 3 is 0.695 bits per heavy atom. The molecule has 0 N–H and O–H groups in total. The Kier molecular flexibility index (Phi) is 56.5. The molecule has 0 unspecified atom stereocenters. The fraction of sp³-hybridized carbons (Fsp3) is 0.831. The first kappa shape index (κ1) is 75.4. The van der Waals surface area contributed by atoms with Crippen molar-refractivity contribution in [2.45, 2.75) is 387 Å². The van der Waals surface area contributed by atoms with E-state index in [1.807, 2.05) is 6.21 Å². The number of unbranched alkanes of at least 4 members (excludes halogenated alkanes) is 52. The smallest absolute Gasteiger partial charge is 0.163 e. The molecule has 82 heavy (non-hydrogen) atoms. The standard InChI is InChI=1S/C77H139NO4/c1-5-9-13-17-21-25-29-33-37-41-45-49-53-57-65-79-74-63-61-72(69-76(74)81-67-59-55-51-47-43-39-35-31-27-23-19-15-11-7-3)71-78-73-62-64-75(80-66-58-54-50-46-42-38-34-30-26-22-18-14-10-6-2)77(70-73)82-68-60-56-52-48-44-40-36-32-28-24-20-16-12-8-4/h61-64,69-71H,5-60,65-68H2,1-4H3. The largest absolute Gasteiger partial charge is 0.490 e. The number of aliphatic imine (C=N–C) groups is 1. The molecule has 0 spiro atoms. The molecule has 0 bridgehead atoms. The summed E-state index contributed by atoms with van der Waals surface area (Å²) in [4.78, 5) is 5.01. The Balaban J connectivity index is 1.95. The third kappa shape index (κ3) is 48.5. The van der Waals surface area contributed by atoms with Gasteiger partial charge in [-0.25, -0.2) is 0 Å². The van der Waals surface area contributed by atoms with E-state index in [1.165, 1.54) is 334 Å². The maximum absolute atomic E-state index is 6.55. The molecule has 2 aromatic carbocycles. The van der Waals surface area contributed by atoms with Crippen molar-refractivity contribution in [2.24, 2.45) is 4.99 Å². The van der Waals surface area contributed by atoms with Gasteiger partial charge in [0.1, 0.15) is 0 Å². The van der Waals surface area contributed by atoms with E-state index < -0.39 is 0 Å². The number of hydrogen-bond acceptors (Lipinski definition) is 5. The van der Waals surface area contributed by atoms with Crippen LogP contribution >= 0.6 is 0 Å². The maximum atomic E-state index is 6.55. The van der Waals surface area contributed by atoms with E-state index in [-0.39, 0.29) is 0 Å². The molecule has 0 saturated heterocycles. The average Bonchev–Trinajstić information content (AvgIpc) is 3.49. The molecule has 0 aromatic heterocycles. The van der Waals surface area contributed by atoms with Crippen molar-refractivity contribution >= 4 is 11.9 Å².